The fourth-order valence-corrected chi connectivity index (χ4v) is 2.42. The van der Waals surface area contributed by atoms with Gasteiger partial charge in [-0.15, -0.1) is 0 Å². The summed E-state index contributed by atoms with van der Waals surface area (Å²) in [6.45, 7) is 0.232. The highest BCUT2D eigenvalue weighted by molar-refractivity contribution is 5.94. The summed E-state index contributed by atoms with van der Waals surface area (Å²) in [6.07, 6.45) is -5.99. The SMILES string of the molecule is Cc1ccc(C(O)(CCNC(=O)NCC(=O)Nc2ccc(F)c(F)c2)C(F)(F)F)o1. The molecule has 0 aliphatic rings. The molecule has 12 heteroatoms. The average Bonchev–Trinajstić information content (AvgIpc) is 3.09. The molecular weight excluding hydrogens is 417 g/mol. The van der Waals surface area contributed by atoms with Crippen molar-refractivity contribution in [2.24, 2.45) is 0 Å². The molecule has 0 saturated heterocycles. The van der Waals surface area contributed by atoms with Gasteiger partial charge in [0.25, 0.3) is 0 Å². The number of urea groups is 1. The van der Waals surface area contributed by atoms with Crippen LogP contribution in [0.15, 0.2) is 34.7 Å². The molecule has 1 unspecified atom stereocenters. The first-order valence-corrected chi connectivity index (χ1v) is 8.55. The van der Waals surface area contributed by atoms with Crippen LogP contribution in [0.25, 0.3) is 0 Å². The normalized spacial score (nSPS) is 13.4. The molecule has 0 radical (unpaired) electrons. The minimum absolute atomic E-state index is 0.0508. The van der Waals surface area contributed by atoms with Crippen LogP contribution >= 0.6 is 0 Å². The molecule has 30 heavy (non-hydrogen) atoms. The molecule has 4 N–H and O–H groups in total. The summed E-state index contributed by atoms with van der Waals surface area (Å²) in [5.74, 6) is -3.60. The van der Waals surface area contributed by atoms with Crippen LogP contribution in [0.1, 0.15) is 17.9 Å². The van der Waals surface area contributed by atoms with E-state index in [0.29, 0.717) is 0 Å². The molecule has 3 amide bonds. The van der Waals surface area contributed by atoms with Crippen molar-refractivity contribution in [1.82, 2.24) is 10.6 Å². The number of aliphatic hydroxyl groups is 1. The number of carbonyl (C=O) groups excluding carboxylic acids is 2. The maximum atomic E-state index is 13.3. The van der Waals surface area contributed by atoms with E-state index in [1.54, 1.807) is 0 Å². The number of halogens is 5. The summed E-state index contributed by atoms with van der Waals surface area (Å²) in [6, 6.07) is 3.92. The van der Waals surface area contributed by atoms with E-state index in [-0.39, 0.29) is 11.4 Å². The van der Waals surface area contributed by atoms with Crippen LogP contribution in [0.3, 0.4) is 0 Å². The summed E-state index contributed by atoms with van der Waals surface area (Å²) in [7, 11) is 0. The molecule has 1 heterocycles. The summed E-state index contributed by atoms with van der Waals surface area (Å²) >= 11 is 0. The first-order chi connectivity index (χ1) is 13.9. The van der Waals surface area contributed by atoms with Crippen LogP contribution in [0.4, 0.5) is 32.4 Å². The van der Waals surface area contributed by atoms with Gasteiger partial charge in [-0.1, -0.05) is 0 Å². The number of nitrogens with one attached hydrogen (secondary N) is 3. The molecule has 0 aliphatic heterocycles. The lowest BCUT2D eigenvalue weighted by molar-refractivity contribution is -0.274. The highest BCUT2D eigenvalue weighted by Gasteiger charge is 2.56. The van der Waals surface area contributed by atoms with E-state index in [4.69, 9.17) is 4.42 Å². The maximum Gasteiger partial charge on any atom is 0.424 e. The summed E-state index contributed by atoms with van der Waals surface area (Å²) in [5, 5.41) is 16.4. The molecular formula is C18H18F5N3O4. The van der Waals surface area contributed by atoms with Crippen LogP contribution in [0.5, 0.6) is 0 Å². The Morgan fingerprint density at radius 1 is 1.07 bits per heavy atom. The Kier molecular flexibility index (Phi) is 7.03. The standard InChI is InChI=1S/C18H18F5N3O4/c1-10-2-5-14(30-10)17(29,18(21,22)23)6-7-24-16(28)25-9-15(27)26-11-3-4-12(19)13(20)8-11/h2-5,8,29H,6-7,9H2,1H3,(H,26,27)(H2,24,25,28). The van der Waals surface area contributed by atoms with Crippen molar-refractivity contribution in [1.29, 1.82) is 0 Å². The number of aryl methyl sites for hydroxylation is 1. The smallest absolute Gasteiger partial charge is 0.424 e. The summed E-state index contributed by atoms with van der Waals surface area (Å²) < 4.78 is 70.7. The van der Waals surface area contributed by atoms with Gasteiger partial charge >= 0.3 is 12.2 Å². The Balaban J connectivity index is 1.83. The van der Waals surface area contributed by atoms with E-state index >= 15 is 0 Å². The molecule has 0 bridgehead atoms. The predicted molar refractivity (Wildman–Crippen MR) is 94.4 cm³/mol. The second kappa shape index (κ2) is 9.11. The highest BCUT2D eigenvalue weighted by Crippen LogP contribution is 2.41. The lowest BCUT2D eigenvalue weighted by Gasteiger charge is -2.28. The second-order valence-electron chi connectivity index (χ2n) is 6.30. The Hall–Kier alpha value is -3.15. The molecule has 0 aliphatic carbocycles. The lowest BCUT2D eigenvalue weighted by Crippen LogP contribution is -2.46. The second-order valence-corrected chi connectivity index (χ2v) is 6.30. The molecule has 1 aromatic carbocycles. The zero-order valence-corrected chi connectivity index (χ0v) is 15.6. The molecule has 0 spiro atoms. The number of hydrogen-bond donors (Lipinski definition) is 4. The third-order valence-electron chi connectivity index (χ3n) is 4.00. The van der Waals surface area contributed by atoms with Crippen molar-refractivity contribution in [3.05, 3.63) is 53.5 Å². The number of rotatable bonds is 7. The molecule has 2 aromatic rings. The van der Waals surface area contributed by atoms with Gasteiger partial charge in [0.05, 0.1) is 6.54 Å². The van der Waals surface area contributed by atoms with Crippen molar-refractivity contribution in [2.45, 2.75) is 25.1 Å². The van der Waals surface area contributed by atoms with Crippen molar-refractivity contribution in [3.63, 3.8) is 0 Å². The summed E-state index contributed by atoms with van der Waals surface area (Å²) in [4.78, 5) is 23.4. The van der Waals surface area contributed by atoms with E-state index in [1.165, 1.54) is 13.0 Å². The molecule has 0 saturated carbocycles. The van der Waals surface area contributed by atoms with Gasteiger partial charge in [0.1, 0.15) is 11.5 Å². The monoisotopic (exact) mass is 435 g/mol. The number of carbonyl (C=O) groups is 2. The van der Waals surface area contributed by atoms with Crippen molar-refractivity contribution in [2.75, 3.05) is 18.4 Å². The van der Waals surface area contributed by atoms with E-state index < -0.39 is 60.6 Å². The highest BCUT2D eigenvalue weighted by atomic mass is 19.4. The number of anilines is 1. The van der Waals surface area contributed by atoms with Crippen molar-refractivity contribution < 1.29 is 41.1 Å². The van der Waals surface area contributed by atoms with Crippen LogP contribution in [0.2, 0.25) is 0 Å². The molecule has 2 rings (SSSR count). The first kappa shape index (κ1) is 23.1. The largest absolute Gasteiger partial charge is 0.463 e. The molecule has 0 fully saturated rings. The Labute approximate surface area is 167 Å². The van der Waals surface area contributed by atoms with Crippen LogP contribution in [-0.4, -0.2) is 36.3 Å². The van der Waals surface area contributed by atoms with Gasteiger partial charge in [-0.2, -0.15) is 13.2 Å². The van der Waals surface area contributed by atoms with Crippen LogP contribution in [0, 0.1) is 18.6 Å². The van der Waals surface area contributed by atoms with Gasteiger partial charge in [0, 0.05) is 24.7 Å². The molecule has 1 aromatic heterocycles. The topological polar surface area (TPSA) is 104 Å². The number of alkyl halides is 3. The quantitative estimate of drug-likeness (QED) is 0.502. The zero-order chi connectivity index (χ0) is 22.5. The minimum atomic E-state index is -5.06. The van der Waals surface area contributed by atoms with Crippen molar-refractivity contribution >= 4 is 17.6 Å². The van der Waals surface area contributed by atoms with Gasteiger partial charge in [-0.3, -0.25) is 4.79 Å². The molecule has 1 atom stereocenters. The van der Waals surface area contributed by atoms with Gasteiger partial charge < -0.3 is 25.5 Å². The van der Waals surface area contributed by atoms with E-state index in [1.807, 2.05) is 0 Å². The Bertz CT molecular complexity index is 915. The zero-order valence-electron chi connectivity index (χ0n) is 15.6. The van der Waals surface area contributed by atoms with Crippen LogP contribution < -0.4 is 16.0 Å². The number of benzene rings is 1. The Morgan fingerprint density at radius 2 is 1.77 bits per heavy atom. The third-order valence-corrected chi connectivity index (χ3v) is 4.00. The van der Waals surface area contributed by atoms with Gasteiger partial charge in [-0.25, -0.2) is 13.6 Å². The predicted octanol–water partition coefficient (Wildman–Crippen LogP) is 2.94. The lowest BCUT2D eigenvalue weighted by atomic mass is 9.96. The van der Waals surface area contributed by atoms with Crippen LogP contribution in [-0.2, 0) is 10.4 Å². The fourth-order valence-electron chi connectivity index (χ4n) is 2.42. The third kappa shape index (κ3) is 5.69. The number of hydrogen-bond acceptors (Lipinski definition) is 4. The minimum Gasteiger partial charge on any atom is -0.463 e. The maximum absolute atomic E-state index is 13.3. The van der Waals surface area contributed by atoms with Gasteiger partial charge in [-0.05, 0) is 31.2 Å². The van der Waals surface area contributed by atoms with Gasteiger partial charge in [0.2, 0.25) is 11.5 Å². The number of furan rings is 1. The molecule has 164 valence electrons. The van der Waals surface area contributed by atoms with E-state index in [2.05, 4.69) is 16.0 Å². The van der Waals surface area contributed by atoms with E-state index in [0.717, 1.165) is 24.3 Å². The fraction of sp³-hybridized carbons (Fsp3) is 0.333. The van der Waals surface area contributed by atoms with Crippen molar-refractivity contribution in [3.8, 4) is 0 Å². The van der Waals surface area contributed by atoms with E-state index in [9.17, 15) is 36.6 Å². The Morgan fingerprint density at radius 3 is 2.33 bits per heavy atom. The first-order valence-electron chi connectivity index (χ1n) is 8.55. The van der Waals surface area contributed by atoms with Gasteiger partial charge in [0.15, 0.2) is 11.6 Å². The average molecular weight is 435 g/mol. The molecule has 7 nitrogen and oxygen atoms in total. The number of amides is 3. The summed E-state index contributed by atoms with van der Waals surface area (Å²) in [5.41, 5.74) is -3.36.